The lowest BCUT2D eigenvalue weighted by atomic mass is 10.0. The third-order valence-corrected chi connectivity index (χ3v) is 4.29. The van der Waals surface area contributed by atoms with Gasteiger partial charge in [0.15, 0.2) is 0 Å². The van der Waals surface area contributed by atoms with Crippen molar-refractivity contribution in [1.29, 1.82) is 0 Å². The van der Waals surface area contributed by atoms with E-state index < -0.39 is 5.60 Å². The molecule has 2 N–H and O–H groups in total. The number of ether oxygens (including phenoxy) is 1. The first-order chi connectivity index (χ1) is 9.49. The molecule has 2 unspecified atom stereocenters. The second-order valence-electron chi connectivity index (χ2n) is 6.37. The molecule has 0 spiro atoms. The molecule has 0 radical (unpaired) electrons. The SMILES string of the molecule is CC1CN(CCCNC(=O)C2(O)CCCC2)CC(C)O1. The number of hydrogen-bond donors (Lipinski definition) is 2. The van der Waals surface area contributed by atoms with Crippen LogP contribution in [0.1, 0.15) is 46.0 Å². The van der Waals surface area contributed by atoms with E-state index in [4.69, 9.17) is 4.74 Å². The summed E-state index contributed by atoms with van der Waals surface area (Å²) in [5.41, 5.74) is -1.10. The van der Waals surface area contributed by atoms with Crippen molar-refractivity contribution < 1.29 is 14.6 Å². The molecule has 0 aromatic heterocycles. The Hall–Kier alpha value is -0.650. The van der Waals surface area contributed by atoms with Gasteiger partial charge in [-0.25, -0.2) is 0 Å². The number of carbonyl (C=O) groups excluding carboxylic acids is 1. The highest BCUT2D eigenvalue weighted by Crippen LogP contribution is 2.29. The average Bonchev–Trinajstić information content (AvgIpc) is 2.81. The number of hydrogen-bond acceptors (Lipinski definition) is 4. The van der Waals surface area contributed by atoms with Crippen LogP contribution in [0.4, 0.5) is 0 Å². The second kappa shape index (κ2) is 6.87. The Kier molecular flexibility index (Phi) is 5.41. The van der Waals surface area contributed by atoms with Gasteiger partial charge in [0.1, 0.15) is 5.60 Å². The molecule has 5 heteroatoms. The molecule has 1 aliphatic carbocycles. The molecule has 0 bridgehead atoms. The summed E-state index contributed by atoms with van der Waals surface area (Å²) >= 11 is 0. The summed E-state index contributed by atoms with van der Waals surface area (Å²) in [6.07, 6.45) is 4.61. The summed E-state index contributed by atoms with van der Waals surface area (Å²) in [5, 5.41) is 13.0. The fraction of sp³-hybridized carbons (Fsp3) is 0.933. The van der Waals surface area contributed by atoms with Crippen LogP contribution >= 0.6 is 0 Å². The van der Waals surface area contributed by atoms with E-state index in [1.54, 1.807) is 0 Å². The van der Waals surface area contributed by atoms with Crippen molar-refractivity contribution in [3.63, 3.8) is 0 Å². The Bertz CT molecular complexity index is 319. The lowest BCUT2D eigenvalue weighted by Gasteiger charge is -2.35. The van der Waals surface area contributed by atoms with Gasteiger partial charge in [-0.05, 0) is 46.0 Å². The van der Waals surface area contributed by atoms with Gasteiger partial charge in [0.2, 0.25) is 0 Å². The number of amides is 1. The zero-order valence-corrected chi connectivity index (χ0v) is 12.7. The molecule has 5 nitrogen and oxygen atoms in total. The Labute approximate surface area is 121 Å². The average molecular weight is 284 g/mol. The van der Waals surface area contributed by atoms with E-state index in [9.17, 15) is 9.90 Å². The Morgan fingerprint density at radius 1 is 1.30 bits per heavy atom. The fourth-order valence-corrected chi connectivity index (χ4v) is 3.32. The monoisotopic (exact) mass is 284 g/mol. The lowest BCUT2D eigenvalue weighted by Crippen LogP contribution is -2.47. The molecular formula is C15H28N2O3. The Balaban J connectivity index is 1.62. The predicted molar refractivity (Wildman–Crippen MR) is 77.5 cm³/mol. The first kappa shape index (κ1) is 15.7. The van der Waals surface area contributed by atoms with E-state index in [-0.39, 0.29) is 18.1 Å². The Morgan fingerprint density at radius 2 is 1.90 bits per heavy atom. The molecule has 2 fully saturated rings. The van der Waals surface area contributed by atoms with Crippen LogP contribution in [0, 0.1) is 0 Å². The maximum Gasteiger partial charge on any atom is 0.251 e. The summed E-state index contributed by atoms with van der Waals surface area (Å²) in [5.74, 6) is -0.182. The molecule has 0 aromatic carbocycles. The quantitative estimate of drug-likeness (QED) is 0.737. The molecule has 20 heavy (non-hydrogen) atoms. The number of morpholine rings is 1. The van der Waals surface area contributed by atoms with Crippen molar-refractivity contribution in [3.8, 4) is 0 Å². The molecule has 1 saturated carbocycles. The summed E-state index contributed by atoms with van der Waals surface area (Å²) < 4.78 is 5.70. The minimum atomic E-state index is -1.10. The zero-order valence-electron chi connectivity index (χ0n) is 12.7. The van der Waals surface area contributed by atoms with E-state index >= 15 is 0 Å². The topological polar surface area (TPSA) is 61.8 Å². The van der Waals surface area contributed by atoms with Gasteiger partial charge in [-0.3, -0.25) is 9.69 Å². The van der Waals surface area contributed by atoms with E-state index in [0.717, 1.165) is 38.9 Å². The summed E-state index contributed by atoms with van der Waals surface area (Å²) in [6.45, 7) is 7.72. The number of rotatable bonds is 5. The molecule has 2 rings (SSSR count). The molecule has 0 aromatic rings. The van der Waals surface area contributed by atoms with Gasteiger partial charge in [-0.15, -0.1) is 0 Å². The third-order valence-electron chi connectivity index (χ3n) is 4.29. The number of nitrogens with one attached hydrogen (secondary N) is 1. The highest BCUT2D eigenvalue weighted by molar-refractivity contribution is 5.85. The number of aliphatic hydroxyl groups is 1. The molecule has 1 aliphatic heterocycles. The van der Waals surface area contributed by atoms with E-state index in [2.05, 4.69) is 24.1 Å². The van der Waals surface area contributed by atoms with Crippen molar-refractivity contribution in [2.45, 2.75) is 63.8 Å². The largest absolute Gasteiger partial charge is 0.380 e. The fourth-order valence-electron chi connectivity index (χ4n) is 3.32. The molecule has 1 saturated heterocycles. The zero-order chi connectivity index (χ0) is 14.6. The molecule has 2 aliphatic rings. The molecule has 2 atom stereocenters. The maximum absolute atomic E-state index is 11.9. The minimum Gasteiger partial charge on any atom is -0.380 e. The van der Waals surface area contributed by atoms with Crippen LogP contribution < -0.4 is 5.32 Å². The molecular weight excluding hydrogens is 256 g/mol. The molecule has 1 heterocycles. The van der Waals surface area contributed by atoms with Gasteiger partial charge in [0.25, 0.3) is 5.91 Å². The predicted octanol–water partition coefficient (Wildman–Crippen LogP) is 0.907. The van der Waals surface area contributed by atoms with Gasteiger partial charge in [0.05, 0.1) is 12.2 Å². The molecule has 116 valence electrons. The lowest BCUT2D eigenvalue weighted by molar-refractivity contribution is -0.139. The highest BCUT2D eigenvalue weighted by atomic mass is 16.5. The van der Waals surface area contributed by atoms with Crippen molar-refractivity contribution in [2.75, 3.05) is 26.2 Å². The summed E-state index contributed by atoms with van der Waals surface area (Å²) in [6, 6.07) is 0. The Morgan fingerprint density at radius 3 is 2.50 bits per heavy atom. The van der Waals surface area contributed by atoms with Crippen molar-refractivity contribution in [3.05, 3.63) is 0 Å². The van der Waals surface area contributed by atoms with Crippen LogP contribution in [0.25, 0.3) is 0 Å². The smallest absolute Gasteiger partial charge is 0.251 e. The summed E-state index contributed by atoms with van der Waals surface area (Å²) in [4.78, 5) is 14.3. The van der Waals surface area contributed by atoms with E-state index in [1.807, 2.05) is 0 Å². The molecule has 1 amide bonds. The van der Waals surface area contributed by atoms with Gasteiger partial charge >= 0.3 is 0 Å². The van der Waals surface area contributed by atoms with Gasteiger partial charge < -0.3 is 15.2 Å². The van der Waals surface area contributed by atoms with Crippen LogP contribution in [0.5, 0.6) is 0 Å². The highest BCUT2D eigenvalue weighted by Gasteiger charge is 2.38. The number of carbonyl (C=O) groups is 1. The van der Waals surface area contributed by atoms with Crippen LogP contribution in [-0.2, 0) is 9.53 Å². The first-order valence-electron chi connectivity index (χ1n) is 7.88. The first-order valence-corrected chi connectivity index (χ1v) is 7.88. The maximum atomic E-state index is 11.9. The minimum absolute atomic E-state index is 0.182. The normalized spacial score (nSPS) is 30.4. The van der Waals surface area contributed by atoms with Crippen molar-refractivity contribution >= 4 is 5.91 Å². The third kappa shape index (κ3) is 4.17. The van der Waals surface area contributed by atoms with Gasteiger partial charge in [-0.2, -0.15) is 0 Å². The number of nitrogens with zero attached hydrogens (tertiary/aromatic N) is 1. The standard InChI is InChI=1S/C15H28N2O3/c1-12-10-17(11-13(2)20-12)9-5-8-16-14(18)15(19)6-3-4-7-15/h12-13,19H,3-11H2,1-2H3,(H,16,18). The van der Waals surface area contributed by atoms with Crippen LogP contribution in [0.15, 0.2) is 0 Å². The van der Waals surface area contributed by atoms with Gasteiger partial charge in [0, 0.05) is 26.2 Å². The van der Waals surface area contributed by atoms with Crippen molar-refractivity contribution in [1.82, 2.24) is 10.2 Å². The summed E-state index contributed by atoms with van der Waals surface area (Å²) in [7, 11) is 0. The van der Waals surface area contributed by atoms with Gasteiger partial charge in [-0.1, -0.05) is 0 Å². The van der Waals surface area contributed by atoms with Crippen LogP contribution in [0.2, 0.25) is 0 Å². The van der Waals surface area contributed by atoms with E-state index in [0.29, 0.717) is 19.4 Å². The van der Waals surface area contributed by atoms with Crippen LogP contribution in [0.3, 0.4) is 0 Å². The van der Waals surface area contributed by atoms with Crippen molar-refractivity contribution in [2.24, 2.45) is 0 Å². The van der Waals surface area contributed by atoms with E-state index in [1.165, 1.54) is 0 Å². The second-order valence-corrected chi connectivity index (χ2v) is 6.37. The van der Waals surface area contributed by atoms with Crippen LogP contribution in [-0.4, -0.2) is 59.9 Å².